The van der Waals surface area contributed by atoms with Crippen LogP contribution in [0, 0.1) is 0 Å². The van der Waals surface area contributed by atoms with Crippen molar-refractivity contribution in [2.45, 2.75) is 83.1 Å². The smallest absolute Gasteiger partial charge is 0.345 e. The van der Waals surface area contributed by atoms with Gasteiger partial charge in [-0.15, -0.1) is 0 Å². The number of carbonyl (C=O) groups excluding carboxylic acids is 1. The molecule has 200 valence electrons. The Labute approximate surface area is 215 Å². The fourth-order valence-corrected chi connectivity index (χ4v) is 5.58. The van der Waals surface area contributed by atoms with Crippen LogP contribution in [0.15, 0.2) is 6.33 Å². The molecule has 2 aromatic rings. The molecule has 36 heavy (non-hydrogen) atoms. The summed E-state index contributed by atoms with van der Waals surface area (Å²) < 4.78 is 44.7. The number of halogens is 1. The first-order chi connectivity index (χ1) is 16.8. The molecular weight excluding hydrogens is 511 g/mol. The van der Waals surface area contributed by atoms with E-state index in [4.69, 9.17) is 35.3 Å². The standard InChI is InChI=1S/C23H34ClN4O7P/c1-8-10-13-15-18(27-21(24)26-13)28(12-25-15)19-17-16(34-22(3,4)35-17)14(33-19)11-32-23(5,36(6,7)30)20(29)31-9-2/h12,14,16-17,19H,8-11H2,1-7H3/t14-,16-,17-,19-,23?/m1/s1. The Morgan fingerprint density at radius 2 is 1.94 bits per heavy atom. The van der Waals surface area contributed by atoms with Gasteiger partial charge in [0.25, 0.3) is 0 Å². The van der Waals surface area contributed by atoms with Crippen molar-refractivity contribution in [1.82, 2.24) is 19.5 Å². The van der Waals surface area contributed by atoms with Crippen molar-refractivity contribution >= 4 is 35.9 Å². The van der Waals surface area contributed by atoms with Gasteiger partial charge >= 0.3 is 5.97 Å². The van der Waals surface area contributed by atoms with Crippen LogP contribution in [0.5, 0.6) is 0 Å². The normalized spacial score (nSPS) is 27.2. The predicted molar refractivity (Wildman–Crippen MR) is 133 cm³/mol. The minimum absolute atomic E-state index is 0.0679. The molecule has 0 spiro atoms. The molecule has 0 amide bonds. The van der Waals surface area contributed by atoms with E-state index in [1.165, 1.54) is 20.3 Å². The Hall–Kier alpha value is -1.62. The van der Waals surface area contributed by atoms with Gasteiger partial charge in [0.1, 0.15) is 31.0 Å². The monoisotopic (exact) mass is 544 g/mol. The Balaban J connectivity index is 1.65. The molecule has 5 atom stereocenters. The molecular formula is C23H34ClN4O7P. The maximum absolute atomic E-state index is 13.0. The third-order valence-corrected chi connectivity index (χ3v) is 9.10. The van der Waals surface area contributed by atoms with Gasteiger partial charge in [0.05, 0.1) is 25.2 Å². The number of ether oxygens (including phenoxy) is 5. The molecule has 0 radical (unpaired) electrons. The molecule has 0 aliphatic carbocycles. The summed E-state index contributed by atoms with van der Waals surface area (Å²) in [5.74, 6) is -1.55. The summed E-state index contributed by atoms with van der Waals surface area (Å²) in [7, 11) is -3.07. The predicted octanol–water partition coefficient (Wildman–Crippen LogP) is 3.77. The highest BCUT2D eigenvalue weighted by Crippen LogP contribution is 2.53. The molecule has 2 aromatic heterocycles. The van der Waals surface area contributed by atoms with Gasteiger partial charge < -0.3 is 28.2 Å². The quantitative estimate of drug-likeness (QED) is 0.262. The molecule has 2 aliphatic heterocycles. The maximum Gasteiger partial charge on any atom is 0.345 e. The largest absolute Gasteiger partial charge is 0.463 e. The SMILES string of the molecule is CCCc1nc(Cl)nc2c1ncn2[C@@H]1O[C@H](COC(C)(C(=O)OCC)P(C)(C)=O)[C@H]2OC(C)(C)O[C@H]21. The number of esters is 1. The summed E-state index contributed by atoms with van der Waals surface area (Å²) in [5.41, 5.74) is 1.93. The summed E-state index contributed by atoms with van der Waals surface area (Å²) in [6.45, 7) is 11.9. The van der Waals surface area contributed by atoms with Crippen LogP contribution in [0.2, 0.25) is 5.28 Å². The number of aryl methyl sites for hydroxylation is 1. The zero-order chi connectivity index (χ0) is 26.5. The average Bonchev–Trinajstić information content (AvgIpc) is 3.42. The van der Waals surface area contributed by atoms with E-state index in [9.17, 15) is 9.36 Å². The lowest BCUT2D eigenvalue weighted by molar-refractivity contribution is -0.205. The third kappa shape index (κ3) is 4.93. The minimum atomic E-state index is -3.07. The van der Waals surface area contributed by atoms with E-state index in [0.29, 0.717) is 17.6 Å². The van der Waals surface area contributed by atoms with Crippen molar-refractivity contribution in [3.8, 4) is 0 Å². The van der Waals surface area contributed by atoms with Crippen LogP contribution in [0.1, 0.15) is 53.0 Å². The highest BCUT2D eigenvalue weighted by molar-refractivity contribution is 7.64. The molecule has 2 fully saturated rings. The number of nitrogens with zero attached hydrogens (tertiary/aromatic N) is 4. The van der Waals surface area contributed by atoms with E-state index in [1.54, 1.807) is 17.8 Å². The molecule has 1 unspecified atom stereocenters. The lowest BCUT2D eigenvalue weighted by atomic mass is 10.1. The molecule has 0 N–H and O–H groups in total. The number of rotatable bonds is 9. The summed E-state index contributed by atoms with van der Waals surface area (Å²) in [4.78, 5) is 26.0. The van der Waals surface area contributed by atoms with Crippen LogP contribution >= 0.6 is 18.7 Å². The fourth-order valence-electron chi connectivity index (χ4n) is 4.50. The zero-order valence-corrected chi connectivity index (χ0v) is 23.3. The summed E-state index contributed by atoms with van der Waals surface area (Å²) in [5, 5.41) is -1.51. The van der Waals surface area contributed by atoms with Crippen LogP contribution in [-0.2, 0) is 39.5 Å². The lowest BCUT2D eigenvalue weighted by Crippen LogP contribution is -2.43. The van der Waals surface area contributed by atoms with Gasteiger partial charge in [-0.05, 0) is 59.0 Å². The molecule has 4 rings (SSSR count). The third-order valence-electron chi connectivity index (χ3n) is 6.56. The van der Waals surface area contributed by atoms with E-state index in [1.807, 2.05) is 13.8 Å². The molecule has 0 saturated carbocycles. The highest BCUT2D eigenvalue weighted by atomic mass is 35.5. The Morgan fingerprint density at radius 1 is 1.25 bits per heavy atom. The van der Waals surface area contributed by atoms with Gasteiger partial charge in [-0.2, -0.15) is 4.98 Å². The number of carbonyl (C=O) groups is 1. The van der Waals surface area contributed by atoms with Crippen molar-refractivity contribution in [2.24, 2.45) is 0 Å². The highest BCUT2D eigenvalue weighted by Gasteiger charge is 2.57. The van der Waals surface area contributed by atoms with E-state index < -0.39 is 48.8 Å². The first kappa shape index (κ1) is 27.4. The van der Waals surface area contributed by atoms with Crippen LogP contribution in [0.25, 0.3) is 11.2 Å². The van der Waals surface area contributed by atoms with E-state index in [2.05, 4.69) is 21.9 Å². The molecule has 2 saturated heterocycles. The summed E-state index contributed by atoms with van der Waals surface area (Å²) >= 11 is 6.23. The maximum atomic E-state index is 13.0. The lowest BCUT2D eigenvalue weighted by Gasteiger charge is -2.33. The number of hydrogen-bond donors (Lipinski definition) is 0. The Kier molecular flexibility index (Phi) is 7.56. The average molecular weight is 545 g/mol. The van der Waals surface area contributed by atoms with Gasteiger partial charge in [0.15, 0.2) is 17.7 Å². The second kappa shape index (κ2) is 9.93. The van der Waals surface area contributed by atoms with Gasteiger partial charge in [-0.3, -0.25) is 4.57 Å². The van der Waals surface area contributed by atoms with Crippen molar-refractivity contribution in [2.75, 3.05) is 26.5 Å². The van der Waals surface area contributed by atoms with Crippen molar-refractivity contribution in [3.05, 3.63) is 17.3 Å². The zero-order valence-electron chi connectivity index (χ0n) is 21.7. The molecule has 11 nitrogen and oxygen atoms in total. The van der Waals surface area contributed by atoms with Crippen molar-refractivity contribution in [1.29, 1.82) is 0 Å². The molecule has 0 bridgehead atoms. The van der Waals surface area contributed by atoms with Crippen molar-refractivity contribution < 1.29 is 33.0 Å². The van der Waals surface area contributed by atoms with E-state index in [0.717, 1.165) is 12.1 Å². The summed E-state index contributed by atoms with van der Waals surface area (Å²) in [6, 6.07) is 0. The van der Waals surface area contributed by atoms with Gasteiger partial charge in [0.2, 0.25) is 10.6 Å². The van der Waals surface area contributed by atoms with Crippen LogP contribution in [-0.4, -0.2) is 81.5 Å². The molecule has 13 heteroatoms. The molecule has 2 aliphatic rings. The van der Waals surface area contributed by atoms with Gasteiger partial charge in [0, 0.05) is 0 Å². The van der Waals surface area contributed by atoms with Gasteiger partial charge in [-0.1, -0.05) is 13.3 Å². The van der Waals surface area contributed by atoms with Crippen LogP contribution < -0.4 is 0 Å². The van der Waals surface area contributed by atoms with E-state index in [-0.39, 0.29) is 18.5 Å². The van der Waals surface area contributed by atoms with Crippen LogP contribution in [0.3, 0.4) is 0 Å². The van der Waals surface area contributed by atoms with E-state index >= 15 is 0 Å². The second-order valence-electron chi connectivity index (χ2n) is 10.0. The topological polar surface area (TPSA) is 124 Å². The summed E-state index contributed by atoms with van der Waals surface area (Å²) in [6.07, 6.45) is 0.891. The molecule has 0 aromatic carbocycles. The Bertz CT molecular complexity index is 1180. The fraction of sp³-hybridized carbons (Fsp3) is 0.739. The number of aromatic nitrogens is 4. The van der Waals surface area contributed by atoms with Crippen molar-refractivity contribution in [3.63, 3.8) is 0 Å². The van der Waals surface area contributed by atoms with Gasteiger partial charge in [-0.25, -0.2) is 14.8 Å². The number of imidazole rings is 1. The number of hydrogen-bond acceptors (Lipinski definition) is 10. The number of fused-ring (bicyclic) bond motifs is 2. The second-order valence-corrected chi connectivity index (χ2v) is 13.9. The Morgan fingerprint density at radius 3 is 2.58 bits per heavy atom. The first-order valence-electron chi connectivity index (χ1n) is 12.1. The minimum Gasteiger partial charge on any atom is -0.463 e. The first-order valence-corrected chi connectivity index (χ1v) is 15.1. The van der Waals surface area contributed by atoms with Crippen LogP contribution in [0.4, 0.5) is 0 Å². The molecule has 4 heterocycles.